The predicted octanol–water partition coefficient (Wildman–Crippen LogP) is 3.69. The van der Waals surface area contributed by atoms with Crippen LogP contribution in [-0.2, 0) is 6.54 Å². The molecule has 2 amide bonds. The van der Waals surface area contributed by atoms with Crippen LogP contribution in [0.15, 0.2) is 89.7 Å². The summed E-state index contributed by atoms with van der Waals surface area (Å²) in [4.78, 5) is 37.0. The van der Waals surface area contributed by atoms with E-state index in [1.807, 2.05) is 0 Å². The first-order valence-electron chi connectivity index (χ1n) is 10.2. The van der Waals surface area contributed by atoms with Gasteiger partial charge in [0, 0.05) is 23.9 Å². The second-order valence-electron chi connectivity index (χ2n) is 7.29. The molecule has 4 rings (SSSR count). The quantitative estimate of drug-likeness (QED) is 0.459. The standard InChI is InChI=1S/C25H18F2N4O3/c26-18-7-9-21(10-8-18)31-23(32)12-11-22(30-31)25(34)28-15-16-3-1-6-20(13-16)29-24(33)17-4-2-5-19(27)14-17/h1-14H,15H2,(H,28,34)(H,29,33). The Morgan fingerprint density at radius 2 is 1.59 bits per heavy atom. The number of amides is 2. The normalized spacial score (nSPS) is 10.5. The van der Waals surface area contributed by atoms with Gasteiger partial charge in [0.15, 0.2) is 0 Å². The topological polar surface area (TPSA) is 93.1 Å². The summed E-state index contributed by atoms with van der Waals surface area (Å²) in [6.07, 6.45) is 0. The van der Waals surface area contributed by atoms with Gasteiger partial charge in [-0.1, -0.05) is 18.2 Å². The van der Waals surface area contributed by atoms with Crippen LogP contribution in [0.4, 0.5) is 14.5 Å². The zero-order valence-corrected chi connectivity index (χ0v) is 17.7. The van der Waals surface area contributed by atoms with Gasteiger partial charge < -0.3 is 10.6 Å². The van der Waals surface area contributed by atoms with E-state index in [1.54, 1.807) is 24.3 Å². The van der Waals surface area contributed by atoms with E-state index in [4.69, 9.17) is 0 Å². The van der Waals surface area contributed by atoms with E-state index in [0.717, 1.165) is 10.7 Å². The van der Waals surface area contributed by atoms with Gasteiger partial charge in [-0.15, -0.1) is 0 Å². The van der Waals surface area contributed by atoms with E-state index < -0.39 is 29.0 Å². The molecule has 0 aliphatic rings. The lowest BCUT2D eigenvalue weighted by molar-refractivity contribution is 0.0943. The van der Waals surface area contributed by atoms with Crippen molar-refractivity contribution in [2.24, 2.45) is 0 Å². The highest BCUT2D eigenvalue weighted by molar-refractivity contribution is 6.04. The van der Waals surface area contributed by atoms with Gasteiger partial charge in [0.25, 0.3) is 17.4 Å². The molecule has 0 aliphatic heterocycles. The lowest BCUT2D eigenvalue weighted by atomic mass is 10.1. The summed E-state index contributed by atoms with van der Waals surface area (Å²) in [7, 11) is 0. The number of carbonyl (C=O) groups is 2. The number of nitrogens with one attached hydrogen (secondary N) is 2. The molecule has 0 aliphatic carbocycles. The first-order chi connectivity index (χ1) is 16.4. The summed E-state index contributed by atoms with van der Waals surface area (Å²) >= 11 is 0. The number of rotatable bonds is 6. The second-order valence-corrected chi connectivity index (χ2v) is 7.29. The zero-order chi connectivity index (χ0) is 24.1. The van der Waals surface area contributed by atoms with E-state index in [9.17, 15) is 23.2 Å². The molecule has 7 nitrogen and oxygen atoms in total. The monoisotopic (exact) mass is 460 g/mol. The molecule has 3 aromatic carbocycles. The molecule has 0 spiro atoms. The smallest absolute Gasteiger partial charge is 0.272 e. The lowest BCUT2D eigenvalue weighted by Gasteiger charge is -2.10. The van der Waals surface area contributed by atoms with Crippen LogP contribution in [0.5, 0.6) is 0 Å². The number of anilines is 1. The van der Waals surface area contributed by atoms with Gasteiger partial charge in [0.1, 0.15) is 17.3 Å². The zero-order valence-electron chi connectivity index (χ0n) is 17.7. The van der Waals surface area contributed by atoms with E-state index in [-0.39, 0.29) is 17.8 Å². The van der Waals surface area contributed by atoms with Gasteiger partial charge in [-0.25, -0.2) is 8.78 Å². The fraction of sp³-hybridized carbons (Fsp3) is 0.0400. The summed E-state index contributed by atoms with van der Waals surface area (Å²) in [5, 5.41) is 9.45. The van der Waals surface area contributed by atoms with Crippen LogP contribution in [0.3, 0.4) is 0 Å². The maximum atomic E-state index is 13.3. The van der Waals surface area contributed by atoms with Crippen molar-refractivity contribution in [3.8, 4) is 5.69 Å². The molecule has 0 saturated carbocycles. The molecule has 0 unspecified atom stereocenters. The van der Waals surface area contributed by atoms with Gasteiger partial charge in [0.2, 0.25) is 0 Å². The Morgan fingerprint density at radius 3 is 2.35 bits per heavy atom. The molecule has 0 atom stereocenters. The molecule has 170 valence electrons. The van der Waals surface area contributed by atoms with Crippen LogP contribution in [0.2, 0.25) is 0 Å². The third-order valence-corrected chi connectivity index (χ3v) is 4.83. The Bertz CT molecular complexity index is 1420. The Morgan fingerprint density at radius 1 is 0.824 bits per heavy atom. The van der Waals surface area contributed by atoms with Gasteiger partial charge in [0.05, 0.1) is 5.69 Å². The number of carbonyl (C=O) groups excluding carboxylic acids is 2. The van der Waals surface area contributed by atoms with Crippen LogP contribution < -0.4 is 16.2 Å². The van der Waals surface area contributed by atoms with Crippen molar-refractivity contribution >= 4 is 17.5 Å². The third-order valence-electron chi connectivity index (χ3n) is 4.83. The van der Waals surface area contributed by atoms with Crippen molar-refractivity contribution in [2.75, 3.05) is 5.32 Å². The Kier molecular flexibility index (Phi) is 6.54. The molecule has 2 N–H and O–H groups in total. The minimum absolute atomic E-state index is 0.000475. The van der Waals surface area contributed by atoms with Crippen molar-refractivity contribution in [1.29, 1.82) is 0 Å². The molecular weight excluding hydrogens is 442 g/mol. The number of hydrogen-bond acceptors (Lipinski definition) is 4. The average Bonchev–Trinajstić information content (AvgIpc) is 2.84. The summed E-state index contributed by atoms with van der Waals surface area (Å²) in [6, 6.07) is 19.8. The van der Waals surface area contributed by atoms with Crippen molar-refractivity contribution in [1.82, 2.24) is 15.1 Å². The predicted molar refractivity (Wildman–Crippen MR) is 122 cm³/mol. The molecule has 34 heavy (non-hydrogen) atoms. The van der Waals surface area contributed by atoms with Gasteiger partial charge >= 0.3 is 0 Å². The summed E-state index contributed by atoms with van der Waals surface area (Å²) in [5.41, 5.74) is 1.20. The minimum atomic E-state index is -0.523. The fourth-order valence-electron chi connectivity index (χ4n) is 3.16. The summed E-state index contributed by atoms with van der Waals surface area (Å²) < 4.78 is 27.5. The Hall–Kier alpha value is -4.66. The molecule has 0 saturated heterocycles. The number of halogens is 2. The number of aromatic nitrogens is 2. The fourth-order valence-corrected chi connectivity index (χ4v) is 3.16. The number of hydrogen-bond donors (Lipinski definition) is 2. The second kappa shape index (κ2) is 9.86. The maximum absolute atomic E-state index is 13.3. The average molecular weight is 460 g/mol. The summed E-state index contributed by atoms with van der Waals surface area (Å²) in [6.45, 7) is 0.125. The molecule has 1 aromatic heterocycles. The molecule has 9 heteroatoms. The minimum Gasteiger partial charge on any atom is -0.347 e. The Balaban J connectivity index is 1.43. The third kappa shape index (κ3) is 5.39. The number of benzene rings is 3. The molecule has 0 bridgehead atoms. The largest absolute Gasteiger partial charge is 0.347 e. The van der Waals surface area contributed by atoms with E-state index in [0.29, 0.717) is 16.9 Å². The summed E-state index contributed by atoms with van der Waals surface area (Å²) in [5.74, 6) is -1.96. The molecule has 4 aromatic rings. The van der Waals surface area contributed by atoms with Crippen LogP contribution in [0, 0.1) is 11.6 Å². The first-order valence-corrected chi connectivity index (χ1v) is 10.2. The van der Waals surface area contributed by atoms with Gasteiger partial charge in [-0.2, -0.15) is 9.78 Å². The van der Waals surface area contributed by atoms with Gasteiger partial charge in [-0.05, 0) is 66.2 Å². The number of nitrogens with zero attached hydrogens (tertiary/aromatic N) is 2. The lowest BCUT2D eigenvalue weighted by Crippen LogP contribution is -2.28. The van der Waals surface area contributed by atoms with Crippen LogP contribution >= 0.6 is 0 Å². The van der Waals surface area contributed by atoms with Crippen molar-refractivity contribution < 1.29 is 18.4 Å². The SMILES string of the molecule is O=C(Nc1cccc(CNC(=O)c2ccc(=O)n(-c3ccc(F)cc3)n2)c1)c1cccc(F)c1. The van der Waals surface area contributed by atoms with E-state index >= 15 is 0 Å². The van der Waals surface area contributed by atoms with Crippen LogP contribution in [0.25, 0.3) is 5.69 Å². The maximum Gasteiger partial charge on any atom is 0.272 e. The van der Waals surface area contributed by atoms with Crippen molar-refractivity contribution in [3.63, 3.8) is 0 Å². The van der Waals surface area contributed by atoms with Crippen molar-refractivity contribution in [3.05, 3.63) is 124 Å². The van der Waals surface area contributed by atoms with Crippen molar-refractivity contribution in [2.45, 2.75) is 6.54 Å². The Labute approximate surface area is 192 Å². The highest BCUT2D eigenvalue weighted by Gasteiger charge is 2.12. The first kappa shape index (κ1) is 22.5. The van der Waals surface area contributed by atoms with Crippen LogP contribution in [-0.4, -0.2) is 21.6 Å². The van der Waals surface area contributed by atoms with E-state index in [1.165, 1.54) is 54.6 Å². The van der Waals surface area contributed by atoms with Crippen LogP contribution in [0.1, 0.15) is 26.4 Å². The molecule has 1 heterocycles. The highest BCUT2D eigenvalue weighted by Crippen LogP contribution is 2.13. The highest BCUT2D eigenvalue weighted by atomic mass is 19.1. The van der Waals surface area contributed by atoms with Gasteiger partial charge in [-0.3, -0.25) is 14.4 Å². The van der Waals surface area contributed by atoms with E-state index in [2.05, 4.69) is 15.7 Å². The molecule has 0 fully saturated rings. The molecule has 0 radical (unpaired) electrons. The molecular formula is C25H18F2N4O3.